The van der Waals surface area contributed by atoms with Gasteiger partial charge in [0.25, 0.3) is 5.91 Å². The van der Waals surface area contributed by atoms with Gasteiger partial charge in [0.05, 0.1) is 6.61 Å². The summed E-state index contributed by atoms with van der Waals surface area (Å²) in [5, 5.41) is 8.79. The van der Waals surface area contributed by atoms with Gasteiger partial charge in [-0.3, -0.25) is 9.59 Å². The second-order valence-corrected chi connectivity index (χ2v) is 4.87. The fourth-order valence-electron chi connectivity index (χ4n) is 1.39. The highest BCUT2D eigenvalue weighted by Gasteiger charge is 2.17. The van der Waals surface area contributed by atoms with Crippen LogP contribution in [-0.2, 0) is 9.53 Å². The second kappa shape index (κ2) is 7.32. The van der Waals surface area contributed by atoms with E-state index in [1.165, 1.54) is 12.0 Å². The maximum atomic E-state index is 12.1. The molecular formula is C12H14INO4. The van der Waals surface area contributed by atoms with E-state index in [0.717, 1.165) is 3.57 Å². The van der Waals surface area contributed by atoms with Crippen LogP contribution < -0.4 is 0 Å². The second-order valence-electron chi connectivity index (χ2n) is 3.62. The summed E-state index contributed by atoms with van der Waals surface area (Å²) in [6.07, 6.45) is 0. The Morgan fingerprint density at radius 1 is 1.33 bits per heavy atom. The van der Waals surface area contributed by atoms with Crippen molar-refractivity contribution in [3.63, 3.8) is 0 Å². The molecule has 18 heavy (non-hydrogen) atoms. The molecule has 1 rings (SSSR count). The average molecular weight is 363 g/mol. The quantitative estimate of drug-likeness (QED) is 0.778. The summed E-state index contributed by atoms with van der Waals surface area (Å²) in [6, 6.07) is 6.99. The first-order valence-electron chi connectivity index (χ1n) is 5.30. The largest absolute Gasteiger partial charge is 0.480 e. The number of rotatable bonds is 6. The van der Waals surface area contributed by atoms with E-state index in [-0.39, 0.29) is 19.0 Å². The number of hydrogen-bond acceptors (Lipinski definition) is 3. The number of carboxylic acid groups (broad SMARTS) is 1. The molecule has 1 N–H and O–H groups in total. The zero-order valence-electron chi connectivity index (χ0n) is 9.93. The van der Waals surface area contributed by atoms with E-state index < -0.39 is 5.97 Å². The number of ether oxygens (including phenoxy) is 1. The lowest BCUT2D eigenvalue weighted by atomic mass is 10.2. The molecule has 1 amide bonds. The highest BCUT2D eigenvalue weighted by atomic mass is 127. The molecule has 0 aliphatic carbocycles. The number of carboxylic acids is 1. The Hall–Kier alpha value is -1.15. The van der Waals surface area contributed by atoms with E-state index in [1.54, 1.807) is 12.1 Å². The average Bonchev–Trinajstić information content (AvgIpc) is 2.34. The molecule has 0 bridgehead atoms. The van der Waals surface area contributed by atoms with Crippen LogP contribution in [0.1, 0.15) is 10.4 Å². The molecule has 98 valence electrons. The van der Waals surface area contributed by atoms with Gasteiger partial charge in [-0.15, -0.1) is 0 Å². The van der Waals surface area contributed by atoms with Gasteiger partial charge in [0.15, 0.2) is 0 Å². The van der Waals surface area contributed by atoms with Crippen LogP contribution in [0.5, 0.6) is 0 Å². The van der Waals surface area contributed by atoms with Crippen molar-refractivity contribution in [1.29, 1.82) is 0 Å². The van der Waals surface area contributed by atoms with E-state index in [9.17, 15) is 9.59 Å². The van der Waals surface area contributed by atoms with E-state index in [0.29, 0.717) is 12.2 Å². The maximum Gasteiger partial charge on any atom is 0.323 e. The summed E-state index contributed by atoms with van der Waals surface area (Å²) in [5.74, 6) is -1.34. The number of aliphatic carboxylic acids is 1. The van der Waals surface area contributed by atoms with Crippen LogP contribution in [0.2, 0.25) is 0 Å². The highest BCUT2D eigenvalue weighted by molar-refractivity contribution is 14.1. The lowest BCUT2D eigenvalue weighted by Crippen LogP contribution is -2.38. The molecule has 1 aromatic carbocycles. The van der Waals surface area contributed by atoms with Crippen molar-refractivity contribution >= 4 is 34.5 Å². The van der Waals surface area contributed by atoms with Gasteiger partial charge in [0, 0.05) is 22.8 Å². The number of benzene rings is 1. The first-order chi connectivity index (χ1) is 8.54. The first-order valence-corrected chi connectivity index (χ1v) is 6.38. The number of nitrogens with zero attached hydrogens (tertiary/aromatic N) is 1. The molecule has 0 aliphatic rings. The number of carbonyl (C=O) groups is 2. The van der Waals surface area contributed by atoms with Gasteiger partial charge < -0.3 is 14.7 Å². The Kier molecular flexibility index (Phi) is 6.06. The van der Waals surface area contributed by atoms with Crippen molar-refractivity contribution in [2.24, 2.45) is 0 Å². The third-order valence-electron chi connectivity index (χ3n) is 2.27. The van der Waals surface area contributed by atoms with Crippen molar-refractivity contribution in [3.8, 4) is 0 Å². The molecule has 0 atom stereocenters. The summed E-state index contributed by atoms with van der Waals surface area (Å²) in [5.41, 5.74) is 0.479. The maximum absolute atomic E-state index is 12.1. The van der Waals surface area contributed by atoms with Crippen LogP contribution in [0.4, 0.5) is 0 Å². The van der Waals surface area contributed by atoms with Crippen LogP contribution in [0.15, 0.2) is 24.3 Å². The summed E-state index contributed by atoms with van der Waals surface area (Å²) in [4.78, 5) is 24.1. The fraction of sp³-hybridized carbons (Fsp3) is 0.333. The molecule has 0 unspecified atom stereocenters. The third-order valence-corrected chi connectivity index (χ3v) is 2.99. The Morgan fingerprint density at radius 3 is 2.44 bits per heavy atom. The molecule has 0 saturated carbocycles. The number of carbonyl (C=O) groups excluding carboxylic acids is 1. The van der Waals surface area contributed by atoms with E-state index >= 15 is 0 Å². The zero-order chi connectivity index (χ0) is 13.5. The van der Waals surface area contributed by atoms with Crippen LogP contribution in [0.3, 0.4) is 0 Å². The normalized spacial score (nSPS) is 10.1. The van der Waals surface area contributed by atoms with Gasteiger partial charge in [-0.25, -0.2) is 0 Å². The molecule has 1 aromatic rings. The van der Waals surface area contributed by atoms with Crippen LogP contribution in [0, 0.1) is 3.57 Å². The smallest absolute Gasteiger partial charge is 0.323 e. The predicted octanol–water partition coefficient (Wildman–Crippen LogP) is 1.46. The van der Waals surface area contributed by atoms with Crippen molar-refractivity contribution < 1.29 is 19.4 Å². The van der Waals surface area contributed by atoms with Gasteiger partial charge in [0.1, 0.15) is 6.54 Å². The van der Waals surface area contributed by atoms with Gasteiger partial charge in [-0.05, 0) is 46.9 Å². The minimum Gasteiger partial charge on any atom is -0.480 e. The summed E-state index contributed by atoms with van der Waals surface area (Å²) < 4.78 is 5.89. The van der Waals surface area contributed by atoms with E-state index in [1.807, 2.05) is 12.1 Å². The van der Waals surface area contributed by atoms with Gasteiger partial charge >= 0.3 is 5.97 Å². The molecular weight excluding hydrogens is 349 g/mol. The summed E-state index contributed by atoms with van der Waals surface area (Å²) in [7, 11) is 1.51. The monoisotopic (exact) mass is 363 g/mol. The topological polar surface area (TPSA) is 66.8 Å². The molecule has 0 fully saturated rings. The number of amides is 1. The Labute approximate surface area is 119 Å². The van der Waals surface area contributed by atoms with Crippen LogP contribution >= 0.6 is 22.6 Å². The minimum absolute atomic E-state index is 0.258. The summed E-state index contributed by atoms with van der Waals surface area (Å²) >= 11 is 2.14. The Bertz CT molecular complexity index is 419. The minimum atomic E-state index is -1.04. The Morgan fingerprint density at radius 2 is 1.94 bits per heavy atom. The lowest BCUT2D eigenvalue weighted by molar-refractivity contribution is -0.137. The van der Waals surface area contributed by atoms with Crippen LogP contribution in [-0.4, -0.2) is 48.7 Å². The predicted molar refractivity (Wildman–Crippen MR) is 74.6 cm³/mol. The van der Waals surface area contributed by atoms with E-state index in [4.69, 9.17) is 9.84 Å². The molecule has 0 radical (unpaired) electrons. The molecule has 0 heterocycles. The fourth-order valence-corrected chi connectivity index (χ4v) is 1.75. The SMILES string of the molecule is COCCN(CC(=O)O)C(=O)c1ccc(I)cc1. The zero-order valence-corrected chi connectivity index (χ0v) is 12.1. The molecule has 5 nitrogen and oxygen atoms in total. The van der Waals surface area contributed by atoms with Gasteiger partial charge in [-0.2, -0.15) is 0 Å². The van der Waals surface area contributed by atoms with E-state index in [2.05, 4.69) is 22.6 Å². The molecule has 0 spiro atoms. The van der Waals surface area contributed by atoms with Gasteiger partial charge in [0.2, 0.25) is 0 Å². The molecule has 6 heteroatoms. The third kappa shape index (κ3) is 4.61. The number of halogens is 1. The standard InChI is InChI=1S/C12H14INO4/c1-18-7-6-14(8-11(15)16)12(17)9-2-4-10(13)5-3-9/h2-5H,6-8H2,1H3,(H,15,16). The molecule has 0 aliphatic heterocycles. The summed E-state index contributed by atoms with van der Waals surface area (Å²) in [6.45, 7) is 0.241. The van der Waals surface area contributed by atoms with Crippen molar-refractivity contribution in [2.45, 2.75) is 0 Å². The van der Waals surface area contributed by atoms with Crippen molar-refractivity contribution in [2.75, 3.05) is 26.8 Å². The number of hydrogen-bond donors (Lipinski definition) is 1. The lowest BCUT2D eigenvalue weighted by Gasteiger charge is -2.20. The molecule has 0 aromatic heterocycles. The number of methoxy groups -OCH3 is 1. The van der Waals surface area contributed by atoms with Crippen molar-refractivity contribution in [3.05, 3.63) is 33.4 Å². The van der Waals surface area contributed by atoms with Crippen molar-refractivity contribution in [1.82, 2.24) is 4.90 Å². The van der Waals surface area contributed by atoms with Crippen LogP contribution in [0.25, 0.3) is 0 Å². The highest BCUT2D eigenvalue weighted by Crippen LogP contribution is 2.09. The molecule has 0 saturated heterocycles. The van der Waals surface area contributed by atoms with Gasteiger partial charge in [-0.1, -0.05) is 0 Å². The first kappa shape index (κ1) is 14.9. The Balaban J connectivity index is 2.80.